The molecule has 1 aliphatic heterocycles. The number of carbonyl (C=O) groups is 4. The summed E-state index contributed by atoms with van der Waals surface area (Å²) in [6.07, 6.45) is 0.618. The Bertz CT molecular complexity index is 1480. The fourth-order valence-corrected chi connectivity index (χ4v) is 4.09. The molecule has 194 valence electrons. The van der Waals surface area contributed by atoms with Gasteiger partial charge < -0.3 is 15.4 Å². The topological polar surface area (TPSA) is 105 Å². The van der Waals surface area contributed by atoms with E-state index in [0.717, 1.165) is 10.5 Å². The first-order valence-electron chi connectivity index (χ1n) is 11.7. The number of aryl methyl sites for hydroxylation is 1. The van der Waals surface area contributed by atoms with Crippen LogP contribution < -0.4 is 15.5 Å². The third kappa shape index (κ3) is 5.56. The molecule has 3 amide bonds. The lowest BCUT2D eigenvalue weighted by Crippen LogP contribution is -2.33. The number of halogens is 2. The monoisotopic (exact) mass is 551 g/mol. The van der Waals surface area contributed by atoms with Crippen molar-refractivity contribution in [2.24, 2.45) is 0 Å². The minimum Gasteiger partial charge on any atom is -0.462 e. The third-order valence-corrected chi connectivity index (χ3v) is 6.41. The molecule has 0 fully saturated rings. The van der Waals surface area contributed by atoms with E-state index in [1.807, 2.05) is 13.8 Å². The number of amides is 3. The number of benzene rings is 3. The fourth-order valence-electron chi connectivity index (χ4n) is 3.70. The molecule has 0 bridgehead atoms. The van der Waals surface area contributed by atoms with Crippen molar-refractivity contribution in [3.63, 3.8) is 0 Å². The molecule has 10 heteroatoms. The molecule has 0 saturated carbocycles. The van der Waals surface area contributed by atoms with Gasteiger partial charge in [-0.15, -0.1) is 0 Å². The smallest absolute Gasteiger partial charge is 0.340 e. The van der Waals surface area contributed by atoms with Gasteiger partial charge in [-0.05, 0) is 61.4 Å². The summed E-state index contributed by atoms with van der Waals surface area (Å²) in [4.78, 5) is 52.4. The summed E-state index contributed by atoms with van der Waals surface area (Å²) in [5.74, 6) is -2.60. The van der Waals surface area contributed by atoms with Crippen LogP contribution in [-0.2, 0) is 14.3 Å². The van der Waals surface area contributed by atoms with Gasteiger partial charge >= 0.3 is 5.97 Å². The predicted octanol–water partition coefficient (Wildman–Crippen LogP) is 5.90. The van der Waals surface area contributed by atoms with Crippen molar-refractivity contribution in [2.75, 3.05) is 22.1 Å². The van der Waals surface area contributed by atoms with E-state index in [1.165, 1.54) is 18.2 Å². The number of hydrogen-bond donors (Lipinski definition) is 2. The molecule has 0 aliphatic carbocycles. The van der Waals surface area contributed by atoms with Crippen LogP contribution in [0.3, 0.4) is 0 Å². The Morgan fingerprint density at radius 1 is 0.921 bits per heavy atom. The van der Waals surface area contributed by atoms with Crippen molar-refractivity contribution in [3.8, 4) is 0 Å². The van der Waals surface area contributed by atoms with Gasteiger partial charge in [-0.3, -0.25) is 14.4 Å². The van der Waals surface area contributed by atoms with E-state index in [-0.39, 0.29) is 28.6 Å². The zero-order chi connectivity index (χ0) is 27.4. The average Bonchev–Trinajstić information content (AvgIpc) is 3.12. The lowest BCUT2D eigenvalue weighted by atomic mass is 10.1. The molecule has 8 nitrogen and oxygen atoms in total. The lowest BCUT2D eigenvalue weighted by Gasteiger charge is -2.18. The van der Waals surface area contributed by atoms with Crippen molar-refractivity contribution in [1.82, 2.24) is 0 Å². The SMILES string of the molecule is CCCOC(=O)c1ccccc1N1C(=O)C(Cl)=C(Nc2cccc(C(=O)Nc3ccc(C)c(Cl)c3)c2)C1=O. The molecule has 0 saturated heterocycles. The Balaban J connectivity index is 1.55. The highest BCUT2D eigenvalue weighted by atomic mass is 35.5. The molecule has 0 aromatic heterocycles. The van der Waals surface area contributed by atoms with Gasteiger partial charge in [-0.25, -0.2) is 9.69 Å². The van der Waals surface area contributed by atoms with E-state index in [1.54, 1.807) is 48.5 Å². The largest absolute Gasteiger partial charge is 0.462 e. The first-order valence-corrected chi connectivity index (χ1v) is 12.5. The van der Waals surface area contributed by atoms with Crippen LogP contribution in [0.2, 0.25) is 5.02 Å². The summed E-state index contributed by atoms with van der Waals surface area (Å²) in [7, 11) is 0. The van der Waals surface area contributed by atoms with Crippen LogP contribution in [0.15, 0.2) is 77.5 Å². The van der Waals surface area contributed by atoms with Gasteiger partial charge in [0.25, 0.3) is 17.7 Å². The van der Waals surface area contributed by atoms with Crippen molar-refractivity contribution in [3.05, 3.63) is 99.2 Å². The van der Waals surface area contributed by atoms with Crippen molar-refractivity contribution < 1.29 is 23.9 Å². The van der Waals surface area contributed by atoms with Crippen molar-refractivity contribution in [1.29, 1.82) is 0 Å². The van der Waals surface area contributed by atoms with E-state index in [2.05, 4.69) is 10.6 Å². The van der Waals surface area contributed by atoms with Crippen LogP contribution in [0.1, 0.15) is 39.6 Å². The zero-order valence-electron chi connectivity index (χ0n) is 20.5. The van der Waals surface area contributed by atoms with Crippen LogP contribution in [0.4, 0.5) is 17.1 Å². The van der Waals surface area contributed by atoms with Crippen LogP contribution in [0.25, 0.3) is 0 Å². The lowest BCUT2D eigenvalue weighted by molar-refractivity contribution is -0.120. The van der Waals surface area contributed by atoms with Crippen molar-refractivity contribution >= 4 is 64.0 Å². The fraction of sp³-hybridized carbons (Fsp3) is 0.143. The molecule has 0 atom stereocenters. The van der Waals surface area contributed by atoms with Gasteiger partial charge in [0.2, 0.25) is 0 Å². The van der Waals surface area contributed by atoms with E-state index in [0.29, 0.717) is 28.4 Å². The highest BCUT2D eigenvalue weighted by molar-refractivity contribution is 6.53. The molecule has 2 N–H and O–H groups in total. The molecular formula is C28H23Cl2N3O5. The van der Waals surface area contributed by atoms with E-state index in [9.17, 15) is 19.2 Å². The standard InChI is InChI=1S/C28H23Cl2N3O5/c1-3-13-38-28(37)20-9-4-5-10-22(20)33-26(35)23(30)24(27(33)36)31-18-8-6-7-17(14-18)25(34)32-19-12-11-16(2)21(29)15-19/h4-12,14-15,31H,3,13H2,1-2H3,(H,32,34). The Kier molecular flexibility index (Phi) is 8.14. The van der Waals surface area contributed by atoms with E-state index >= 15 is 0 Å². The number of nitrogens with one attached hydrogen (secondary N) is 2. The summed E-state index contributed by atoms with van der Waals surface area (Å²) in [5.41, 5.74) is 1.99. The first kappa shape index (κ1) is 26.9. The number of para-hydroxylation sites is 1. The number of carbonyl (C=O) groups excluding carboxylic acids is 4. The second-order valence-electron chi connectivity index (χ2n) is 8.41. The zero-order valence-corrected chi connectivity index (χ0v) is 22.0. The molecule has 1 heterocycles. The van der Waals surface area contributed by atoms with E-state index in [4.69, 9.17) is 27.9 Å². The maximum absolute atomic E-state index is 13.3. The minimum atomic E-state index is -0.792. The molecule has 1 aliphatic rings. The highest BCUT2D eigenvalue weighted by Crippen LogP contribution is 2.32. The summed E-state index contributed by atoms with van der Waals surface area (Å²) in [6, 6.07) is 17.6. The quantitative estimate of drug-likeness (QED) is 0.266. The summed E-state index contributed by atoms with van der Waals surface area (Å²) in [6.45, 7) is 3.91. The van der Waals surface area contributed by atoms with Gasteiger partial charge in [0, 0.05) is 22.0 Å². The molecular weight excluding hydrogens is 529 g/mol. The summed E-state index contributed by atoms with van der Waals surface area (Å²) < 4.78 is 5.19. The van der Waals surface area contributed by atoms with Crippen LogP contribution in [0, 0.1) is 6.92 Å². The maximum Gasteiger partial charge on any atom is 0.340 e. The molecule has 4 rings (SSSR count). The summed E-state index contributed by atoms with van der Waals surface area (Å²) >= 11 is 12.4. The predicted molar refractivity (Wildman–Crippen MR) is 147 cm³/mol. The van der Waals surface area contributed by atoms with Crippen molar-refractivity contribution in [2.45, 2.75) is 20.3 Å². The molecule has 0 radical (unpaired) electrons. The number of nitrogens with zero attached hydrogens (tertiary/aromatic N) is 1. The van der Waals surface area contributed by atoms with Gasteiger partial charge in [0.15, 0.2) is 0 Å². The molecule has 38 heavy (non-hydrogen) atoms. The average molecular weight is 552 g/mol. The van der Waals surface area contributed by atoms with Crippen LogP contribution >= 0.6 is 23.2 Å². The first-order chi connectivity index (χ1) is 18.2. The molecule has 0 unspecified atom stereocenters. The maximum atomic E-state index is 13.3. The Morgan fingerprint density at radius 2 is 1.68 bits per heavy atom. The second-order valence-corrected chi connectivity index (χ2v) is 9.20. The Morgan fingerprint density at radius 3 is 2.42 bits per heavy atom. The summed E-state index contributed by atoms with van der Waals surface area (Å²) in [5, 5.41) is 5.79. The highest BCUT2D eigenvalue weighted by Gasteiger charge is 2.40. The molecule has 0 spiro atoms. The number of esters is 1. The minimum absolute atomic E-state index is 0.0586. The number of anilines is 3. The number of rotatable bonds is 8. The second kappa shape index (κ2) is 11.5. The molecule has 3 aromatic carbocycles. The van der Waals surface area contributed by atoms with Crippen LogP contribution in [-0.4, -0.2) is 30.3 Å². The number of hydrogen-bond acceptors (Lipinski definition) is 6. The van der Waals surface area contributed by atoms with Gasteiger partial charge in [-0.1, -0.05) is 54.4 Å². The molecule has 3 aromatic rings. The normalized spacial score (nSPS) is 13.1. The van der Waals surface area contributed by atoms with Gasteiger partial charge in [0.1, 0.15) is 10.7 Å². The van der Waals surface area contributed by atoms with Gasteiger partial charge in [0.05, 0.1) is 17.9 Å². The third-order valence-electron chi connectivity index (χ3n) is 5.65. The Labute approximate surface area is 229 Å². The van der Waals surface area contributed by atoms with Crippen LogP contribution in [0.5, 0.6) is 0 Å². The number of imide groups is 1. The Hall–Kier alpha value is -4.14. The number of ether oxygens (including phenoxy) is 1. The van der Waals surface area contributed by atoms with Gasteiger partial charge in [-0.2, -0.15) is 0 Å². The van der Waals surface area contributed by atoms with E-state index < -0.39 is 23.7 Å².